The van der Waals surface area contributed by atoms with Gasteiger partial charge in [-0.05, 0) is 30.0 Å². The lowest BCUT2D eigenvalue weighted by Crippen LogP contribution is -2.13. The number of nitriles is 1. The van der Waals surface area contributed by atoms with Crippen LogP contribution < -0.4 is 5.32 Å². The Labute approximate surface area is 133 Å². The first-order valence-corrected chi connectivity index (χ1v) is 7.83. The average molecular weight is 312 g/mol. The van der Waals surface area contributed by atoms with Crippen molar-refractivity contribution in [1.29, 1.82) is 5.26 Å². The smallest absolute Gasteiger partial charge is 0.268 e. The highest BCUT2D eigenvalue weighted by molar-refractivity contribution is 7.15. The molecule has 0 unspecified atom stereocenters. The minimum absolute atomic E-state index is 0.0501. The largest absolute Gasteiger partial charge is 0.296 e. The molecule has 22 heavy (non-hydrogen) atoms. The highest BCUT2D eigenvalue weighted by Gasteiger charge is 2.13. The summed E-state index contributed by atoms with van der Waals surface area (Å²) in [7, 11) is 0. The number of carbonyl (C=O) groups excluding carboxylic acids is 1. The van der Waals surface area contributed by atoms with E-state index in [9.17, 15) is 10.1 Å². The van der Waals surface area contributed by atoms with Crippen molar-refractivity contribution >= 4 is 28.5 Å². The fraction of sp³-hybridized carbons (Fsp3) is 0.250. The molecule has 0 atom stereocenters. The van der Waals surface area contributed by atoms with Crippen LogP contribution >= 0.6 is 11.3 Å². The Hall–Kier alpha value is -2.52. The molecule has 0 spiro atoms. The second kappa shape index (κ2) is 7.48. The lowest BCUT2D eigenvalue weighted by Gasteiger charge is -2.04. The SMILES string of the molecule is CCc1nnc(NC(=O)/C(C#N)=C/c2ccccc2CC)s1. The Morgan fingerprint density at radius 2 is 2.09 bits per heavy atom. The summed E-state index contributed by atoms with van der Waals surface area (Å²) in [5, 5.41) is 20.9. The number of amides is 1. The molecule has 1 amide bonds. The summed E-state index contributed by atoms with van der Waals surface area (Å²) in [5.74, 6) is -0.466. The maximum Gasteiger partial charge on any atom is 0.268 e. The maximum atomic E-state index is 12.2. The molecule has 1 aromatic heterocycles. The van der Waals surface area contributed by atoms with Gasteiger partial charge in [-0.3, -0.25) is 10.1 Å². The lowest BCUT2D eigenvalue weighted by atomic mass is 10.0. The molecular weight excluding hydrogens is 296 g/mol. The monoisotopic (exact) mass is 312 g/mol. The van der Waals surface area contributed by atoms with Gasteiger partial charge in [0.2, 0.25) is 5.13 Å². The molecular formula is C16H16N4OS. The van der Waals surface area contributed by atoms with Gasteiger partial charge in [0.25, 0.3) is 5.91 Å². The van der Waals surface area contributed by atoms with Gasteiger partial charge in [0.15, 0.2) is 0 Å². The number of aryl methyl sites for hydroxylation is 2. The van der Waals surface area contributed by atoms with Crippen molar-refractivity contribution in [3.05, 3.63) is 46.0 Å². The van der Waals surface area contributed by atoms with E-state index in [2.05, 4.69) is 15.5 Å². The molecule has 0 saturated heterocycles. The van der Waals surface area contributed by atoms with Crippen LogP contribution in [0, 0.1) is 11.3 Å². The van der Waals surface area contributed by atoms with E-state index in [-0.39, 0.29) is 5.57 Å². The van der Waals surface area contributed by atoms with E-state index < -0.39 is 5.91 Å². The first kappa shape index (κ1) is 15.9. The highest BCUT2D eigenvalue weighted by atomic mass is 32.1. The molecule has 2 rings (SSSR count). The van der Waals surface area contributed by atoms with Crippen LogP contribution in [0.3, 0.4) is 0 Å². The molecule has 0 aliphatic carbocycles. The number of nitrogens with zero attached hydrogens (tertiary/aromatic N) is 3. The third-order valence-electron chi connectivity index (χ3n) is 3.09. The highest BCUT2D eigenvalue weighted by Crippen LogP contribution is 2.18. The Bertz CT molecular complexity index is 743. The number of hydrogen-bond acceptors (Lipinski definition) is 5. The normalized spacial score (nSPS) is 11.0. The Balaban J connectivity index is 2.22. The number of carbonyl (C=O) groups is 1. The van der Waals surface area contributed by atoms with E-state index in [0.29, 0.717) is 5.13 Å². The summed E-state index contributed by atoms with van der Waals surface area (Å²) in [6, 6.07) is 9.65. The van der Waals surface area contributed by atoms with Gasteiger partial charge in [0, 0.05) is 0 Å². The third-order valence-corrected chi connectivity index (χ3v) is 4.07. The first-order chi connectivity index (χ1) is 10.7. The predicted molar refractivity (Wildman–Crippen MR) is 87.3 cm³/mol. The van der Waals surface area contributed by atoms with Crippen LogP contribution in [0.15, 0.2) is 29.8 Å². The molecule has 1 aromatic carbocycles. The summed E-state index contributed by atoms with van der Waals surface area (Å²) in [5.41, 5.74) is 2.02. The van der Waals surface area contributed by atoms with E-state index in [1.54, 1.807) is 6.08 Å². The van der Waals surface area contributed by atoms with Crippen molar-refractivity contribution < 1.29 is 4.79 Å². The molecule has 0 saturated carbocycles. The minimum Gasteiger partial charge on any atom is -0.296 e. The molecule has 0 aliphatic rings. The van der Waals surface area contributed by atoms with Crippen molar-refractivity contribution in [2.45, 2.75) is 26.7 Å². The molecule has 1 N–H and O–H groups in total. The van der Waals surface area contributed by atoms with Crippen LogP contribution in [0.25, 0.3) is 6.08 Å². The minimum atomic E-state index is -0.466. The van der Waals surface area contributed by atoms with Gasteiger partial charge in [0.05, 0.1) is 0 Å². The van der Waals surface area contributed by atoms with Crippen LogP contribution in [0.1, 0.15) is 30.0 Å². The van der Waals surface area contributed by atoms with Gasteiger partial charge in [-0.25, -0.2) is 0 Å². The fourth-order valence-electron chi connectivity index (χ4n) is 1.91. The first-order valence-electron chi connectivity index (χ1n) is 7.01. The Morgan fingerprint density at radius 3 is 2.73 bits per heavy atom. The number of nitrogens with one attached hydrogen (secondary N) is 1. The van der Waals surface area contributed by atoms with Crippen molar-refractivity contribution in [2.75, 3.05) is 5.32 Å². The predicted octanol–water partition coefficient (Wildman–Crippen LogP) is 3.21. The van der Waals surface area contributed by atoms with Crippen molar-refractivity contribution in [2.24, 2.45) is 0 Å². The standard InChI is InChI=1S/C16H16N4OS/c1-3-11-7-5-6-8-12(11)9-13(10-17)15(21)18-16-20-19-14(4-2)22-16/h5-9H,3-4H2,1-2H3,(H,18,20,21)/b13-9+. The van der Waals surface area contributed by atoms with E-state index in [0.717, 1.165) is 29.0 Å². The molecule has 112 valence electrons. The zero-order chi connectivity index (χ0) is 15.9. The van der Waals surface area contributed by atoms with E-state index >= 15 is 0 Å². The third kappa shape index (κ3) is 3.77. The van der Waals surface area contributed by atoms with E-state index in [1.807, 2.05) is 44.2 Å². The van der Waals surface area contributed by atoms with Gasteiger partial charge < -0.3 is 0 Å². The second-order valence-corrected chi connectivity index (χ2v) is 5.59. The summed E-state index contributed by atoms with van der Waals surface area (Å²) < 4.78 is 0. The van der Waals surface area contributed by atoms with Crippen molar-refractivity contribution in [3.63, 3.8) is 0 Å². The molecule has 0 fully saturated rings. The van der Waals surface area contributed by atoms with Gasteiger partial charge in [-0.2, -0.15) is 5.26 Å². The summed E-state index contributed by atoms with van der Waals surface area (Å²) in [4.78, 5) is 12.2. The fourth-order valence-corrected chi connectivity index (χ4v) is 2.59. The van der Waals surface area contributed by atoms with E-state index in [1.165, 1.54) is 11.3 Å². The van der Waals surface area contributed by atoms with Crippen molar-refractivity contribution in [3.8, 4) is 6.07 Å². The van der Waals surface area contributed by atoms with E-state index in [4.69, 9.17) is 0 Å². The molecule has 2 aromatic rings. The van der Waals surface area contributed by atoms with Crippen LogP contribution in [-0.4, -0.2) is 16.1 Å². The van der Waals surface area contributed by atoms with Gasteiger partial charge in [-0.1, -0.05) is 49.4 Å². The molecule has 0 aliphatic heterocycles. The summed E-state index contributed by atoms with van der Waals surface area (Å²) >= 11 is 1.31. The van der Waals surface area contributed by atoms with Crippen molar-refractivity contribution in [1.82, 2.24) is 10.2 Å². The van der Waals surface area contributed by atoms with Gasteiger partial charge in [-0.15, -0.1) is 10.2 Å². The summed E-state index contributed by atoms with van der Waals surface area (Å²) in [6.45, 7) is 4.00. The molecule has 6 heteroatoms. The number of aromatic nitrogens is 2. The summed E-state index contributed by atoms with van der Waals surface area (Å²) in [6.07, 6.45) is 3.21. The topological polar surface area (TPSA) is 78.7 Å². The van der Waals surface area contributed by atoms with Gasteiger partial charge in [0.1, 0.15) is 16.6 Å². The van der Waals surface area contributed by atoms with Gasteiger partial charge >= 0.3 is 0 Å². The zero-order valence-corrected chi connectivity index (χ0v) is 13.3. The zero-order valence-electron chi connectivity index (χ0n) is 12.5. The number of benzene rings is 1. The average Bonchev–Trinajstić information content (AvgIpc) is 3.00. The Kier molecular flexibility index (Phi) is 5.39. The molecule has 0 bridgehead atoms. The molecule has 0 radical (unpaired) electrons. The quantitative estimate of drug-likeness (QED) is 0.679. The molecule has 5 nitrogen and oxygen atoms in total. The van der Waals surface area contributed by atoms with Crippen LogP contribution in [0.5, 0.6) is 0 Å². The van der Waals surface area contributed by atoms with Crippen LogP contribution in [0.4, 0.5) is 5.13 Å². The Morgan fingerprint density at radius 1 is 1.32 bits per heavy atom. The second-order valence-electron chi connectivity index (χ2n) is 4.53. The van der Waals surface area contributed by atoms with Crippen LogP contribution in [0.2, 0.25) is 0 Å². The molecule has 1 heterocycles. The number of anilines is 1. The number of rotatable bonds is 5. The number of hydrogen-bond donors (Lipinski definition) is 1. The maximum absolute atomic E-state index is 12.2. The lowest BCUT2D eigenvalue weighted by molar-refractivity contribution is -0.112. The van der Waals surface area contributed by atoms with Crippen LogP contribution in [-0.2, 0) is 17.6 Å².